The molecule has 23 heavy (non-hydrogen) atoms. The number of carbonyl (C=O) groups excluding carboxylic acids is 1. The average molecular weight is 320 g/mol. The van der Waals surface area contributed by atoms with Crippen LogP contribution in [-0.2, 0) is 23.7 Å². The molecule has 5 atom stereocenters. The molecule has 6 nitrogen and oxygen atoms in total. The number of fused-ring (bicyclic) bond motifs is 2. The summed E-state index contributed by atoms with van der Waals surface area (Å²) in [5, 5.41) is 0. The van der Waals surface area contributed by atoms with Crippen molar-refractivity contribution in [2.24, 2.45) is 0 Å². The second-order valence-electron chi connectivity index (χ2n) is 6.66. The van der Waals surface area contributed by atoms with Gasteiger partial charge in [0.15, 0.2) is 12.1 Å². The van der Waals surface area contributed by atoms with Gasteiger partial charge in [-0.05, 0) is 26.0 Å². The van der Waals surface area contributed by atoms with Gasteiger partial charge >= 0.3 is 5.97 Å². The second-order valence-corrected chi connectivity index (χ2v) is 6.66. The summed E-state index contributed by atoms with van der Waals surface area (Å²) in [6.45, 7) is 3.72. The van der Waals surface area contributed by atoms with Gasteiger partial charge in [0.1, 0.15) is 23.9 Å². The van der Waals surface area contributed by atoms with Crippen LogP contribution in [0.5, 0.6) is 0 Å². The first-order valence-corrected chi connectivity index (χ1v) is 7.77. The van der Waals surface area contributed by atoms with Crippen molar-refractivity contribution in [2.45, 2.75) is 56.3 Å². The van der Waals surface area contributed by atoms with Gasteiger partial charge in [-0.1, -0.05) is 18.2 Å². The van der Waals surface area contributed by atoms with Crippen LogP contribution in [0.4, 0.5) is 0 Å². The van der Waals surface area contributed by atoms with Crippen LogP contribution in [0.1, 0.15) is 30.6 Å². The Hall–Kier alpha value is -1.47. The molecule has 124 valence electrons. The molecule has 0 bridgehead atoms. The highest BCUT2D eigenvalue weighted by atomic mass is 16.8. The van der Waals surface area contributed by atoms with E-state index >= 15 is 0 Å². The van der Waals surface area contributed by atoms with Gasteiger partial charge in [-0.25, -0.2) is 4.79 Å². The van der Waals surface area contributed by atoms with E-state index in [1.54, 1.807) is 31.4 Å². The van der Waals surface area contributed by atoms with Crippen molar-refractivity contribution < 1.29 is 28.5 Å². The molecule has 2 heterocycles. The fourth-order valence-corrected chi connectivity index (χ4v) is 3.47. The van der Waals surface area contributed by atoms with Crippen LogP contribution in [0.2, 0.25) is 0 Å². The van der Waals surface area contributed by atoms with Crippen molar-refractivity contribution in [1.29, 1.82) is 0 Å². The third-order valence-electron chi connectivity index (χ3n) is 4.59. The molecule has 2 unspecified atom stereocenters. The van der Waals surface area contributed by atoms with Crippen molar-refractivity contribution in [3.8, 4) is 0 Å². The highest BCUT2D eigenvalue weighted by molar-refractivity contribution is 5.89. The molecule has 2 aliphatic heterocycles. The molecule has 1 aliphatic carbocycles. The number of hydrogen-bond donors (Lipinski definition) is 0. The quantitative estimate of drug-likeness (QED) is 0.793. The van der Waals surface area contributed by atoms with Crippen LogP contribution < -0.4 is 0 Å². The van der Waals surface area contributed by atoms with E-state index in [-0.39, 0.29) is 24.3 Å². The molecule has 1 aromatic rings. The second kappa shape index (κ2) is 5.01. The largest absolute Gasteiger partial charge is 0.455 e. The van der Waals surface area contributed by atoms with Crippen molar-refractivity contribution in [1.82, 2.24) is 0 Å². The van der Waals surface area contributed by atoms with Gasteiger partial charge in [0.25, 0.3) is 0 Å². The highest BCUT2D eigenvalue weighted by Crippen LogP contribution is 2.57. The monoisotopic (exact) mass is 320 g/mol. The molecular formula is C17H20O6. The summed E-state index contributed by atoms with van der Waals surface area (Å²) in [7, 11) is 1.57. The van der Waals surface area contributed by atoms with Crippen molar-refractivity contribution in [2.75, 3.05) is 7.11 Å². The molecule has 1 saturated carbocycles. The minimum absolute atomic E-state index is 0.295. The lowest BCUT2D eigenvalue weighted by Crippen LogP contribution is -2.35. The summed E-state index contributed by atoms with van der Waals surface area (Å²) in [6, 6.07) is 8.92. The van der Waals surface area contributed by atoms with Gasteiger partial charge in [-0.3, -0.25) is 0 Å². The Morgan fingerprint density at radius 2 is 1.91 bits per heavy atom. The van der Waals surface area contributed by atoms with Gasteiger partial charge in [0.05, 0.1) is 5.56 Å². The fourth-order valence-electron chi connectivity index (χ4n) is 3.47. The van der Waals surface area contributed by atoms with Crippen molar-refractivity contribution >= 4 is 5.97 Å². The van der Waals surface area contributed by atoms with E-state index in [9.17, 15) is 4.79 Å². The zero-order valence-corrected chi connectivity index (χ0v) is 13.4. The Balaban J connectivity index is 1.49. The summed E-state index contributed by atoms with van der Waals surface area (Å²) >= 11 is 0. The first-order chi connectivity index (χ1) is 11.0. The molecule has 4 rings (SSSR count). The summed E-state index contributed by atoms with van der Waals surface area (Å²) in [5.41, 5.74) is -0.139. The minimum Gasteiger partial charge on any atom is -0.455 e. The number of ether oxygens (including phenoxy) is 5. The summed E-state index contributed by atoms with van der Waals surface area (Å²) in [5.74, 6) is -1.05. The average Bonchev–Trinajstić information content (AvgIpc) is 3.00. The molecule has 3 fully saturated rings. The molecule has 1 spiro atoms. The first kappa shape index (κ1) is 15.1. The van der Waals surface area contributed by atoms with E-state index in [4.69, 9.17) is 23.7 Å². The van der Waals surface area contributed by atoms with E-state index < -0.39 is 17.7 Å². The lowest BCUT2D eigenvalue weighted by molar-refractivity contribution is -0.236. The topological polar surface area (TPSA) is 63.2 Å². The maximum Gasteiger partial charge on any atom is 0.338 e. The van der Waals surface area contributed by atoms with Crippen LogP contribution in [0.25, 0.3) is 0 Å². The maximum absolute atomic E-state index is 12.2. The molecule has 0 amide bonds. The van der Waals surface area contributed by atoms with E-state index in [0.717, 1.165) is 0 Å². The van der Waals surface area contributed by atoms with Crippen molar-refractivity contribution in [3.63, 3.8) is 0 Å². The first-order valence-electron chi connectivity index (χ1n) is 7.77. The molecule has 0 N–H and O–H groups in total. The smallest absolute Gasteiger partial charge is 0.338 e. The van der Waals surface area contributed by atoms with Gasteiger partial charge in [-0.2, -0.15) is 0 Å². The van der Waals surface area contributed by atoms with E-state index in [0.29, 0.717) is 12.0 Å². The fraction of sp³-hybridized carbons (Fsp3) is 0.588. The van der Waals surface area contributed by atoms with Gasteiger partial charge < -0.3 is 23.7 Å². The predicted octanol–water partition coefficient (Wildman–Crippen LogP) is 1.88. The molecule has 0 radical (unpaired) electrons. The lowest BCUT2D eigenvalue weighted by atomic mass is 10.1. The summed E-state index contributed by atoms with van der Waals surface area (Å²) in [4.78, 5) is 12.2. The van der Waals surface area contributed by atoms with Crippen LogP contribution in [0.15, 0.2) is 30.3 Å². The Labute approximate surface area is 134 Å². The lowest BCUT2D eigenvalue weighted by Gasteiger charge is -2.23. The van der Waals surface area contributed by atoms with E-state index in [1.807, 2.05) is 19.9 Å². The maximum atomic E-state index is 12.2. The Morgan fingerprint density at radius 3 is 2.61 bits per heavy atom. The molecule has 1 aromatic carbocycles. The Kier molecular flexibility index (Phi) is 3.29. The van der Waals surface area contributed by atoms with E-state index in [1.165, 1.54) is 0 Å². The number of carbonyl (C=O) groups is 1. The predicted molar refractivity (Wildman–Crippen MR) is 78.7 cm³/mol. The Morgan fingerprint density at radius 1 is 1.17 bits per heavy atom. The molecular weight excluding hydrogens is 300 g/mol. The zero-order valence-electron chi connectivity index (χ0n) is 13.4. The van der Waals surface area contributed by atoms with Crippen LogP contribution >= 0.6 is 0 Å². The minimum atomic E-state index is -0.695. The summed E-state index contributed by atoms with van der Waals surface area (Å²) < 4.78 is 28.8. The normalized spacial score (nSPS) is 40.1. The number of benzene rings is 1. The number of methoxy groups -OCH3 is 1. The number of hydrogen-bond acceptors (Lipinski definition) is 6. The number of rotatable bonds is 3. The zero-order chi connectivity index (χ0) is 16.2. The van der Waals surface area contributed by atoms with Gasteiger partial charge in [-0.15, -0.1) is 0 Å². The van der Waals surface area contributed by atoms with Crippen molar-refractivity contribution in [3.05, 3.63) is 35.9 Å². The third-order valence-corrected chi connectivity index (χ3v) is 4.59. The molecule has 6 heteroatoms. The standard InChI is InChI=1S/C17H20O6/c1-16(2)21-12-13(22-16)17(23-15(12)19-3)9-11(17)20-14(18)10-7-5-4-6-8-10/h4-8,11-13,15H,9H2,1-3H3/t11-,12?,13?,15-,17+/m1/s1. The van der Waals surface area contributed by atoms with E-state index in [2.05, 4.69) is 0 Å². The molecule has 3 aliphatic rings. The number of esters is 1. The SMILES string of the molecule is CO[C@@H]1O[C@]2(C[C@H]2OC(=O)c2ccccc2)C2OC(C)(C)OC21. The molecule has 0 aromatic heterocycles. The highest BCUT2D eigenvalue weighted by Gasteiger charge is 2.75. The molecule has 2 saturated heterocycles. The Bertz CT molecular complexity index is 615. The van der Waals surface area contributed by atoms with Gasteiger partial charge in [0.2, 0.25) is 0 Å². The summed E-state index contributed by atoms with van der Waals surface area (Å²) in [6.07, 6.45) is -0.875. The van der Waals surface area contributed by atoms with Crippen LogP contribution in [0, 0.1) is 0 Å². The van der Waals surface area contributed by atoms with Gasteiger partial charge in [0, 0.05) is 13.5 Å². The van der Waals surface area contributed by atoms with Crippen LogP contribution in [-0.4, -0.2) is 49.1 Å². The van der Waals surface area contributed by atoms with Crippen LogP contribution in [0.3, 0.4) is 0 Å². The third kappa shape index (κ3) is 2.37.